The van der Waals surface area contributed by atoms with Gasteiger partial charge in [-0.25, -0.2) is 8.78 Å². The van der Waals surface area contributed by atoms with Crippen LogP contribution in [-0.2, 0) is 0 Å². The molecule has 3 N–H and O–H groups in total. The number of benzene rings is 2. The lowest BCUT2D eigenvalue weighted by molar-refractivity contribution is 0.438. The highest BCUT2D eigenvalue weighted by Crippen LogP contribution is 2.29. The Labute approximate surface area is 103 Å². The summed E-state index contributed by atoms with van der Waals surface area (Å²) in [4.78, 5) is 0. The average Bonchev–Trinajstić information content (AvgIpc) is 2.35. The van der Waals surface area contributed by atoms with Crippen molar-refractivity contribution < 1.29 is 13.5 Å². The predicted molar refractivity (Wildman–Crippen MR) is 66.8 cm³/mol. The third-order valence-electron chi connectivity index (χ3n) is 2.42. The molecule has 0 saturated heterocycles. The summed E-state index contributed by atoms with van der Waals surface area (Å²) in [7, 11) is 1.72. The first-order chi connectivity index (χ1) is 8.60. The van der Waals surface area contributed by atoms with Gasteiger partial charge >= 0.3 is 0 Å². The molecule has 0 aliphatic heterocycles. The fourth-order valence-corrected chi connectivity index (χ4v) is 1.50. The number of hydrogen-bond donors (Lipinski definition) is 2. The zero-order chi connectivity index (χ0) is 13.1. The van der Waals surface area contributed by atoms with E-state index in [1.807, 2.05) is 0 Å². The van der Waals surface area contributed by atoms with Crippen LogP contribution in [0.5, 0.6) is 11.5 Å². The minimum Gasteiger partial charge on any atom is -0.454 e. The molecule has 0 radical (unpaired) electrons. The summed E-state index contributed by atoms with van der Waals surface area (Å²) in [6.07, 6.45) is 0. The van der Waals surface area contributed by atoms with Gasteiger partial charge in [0.2, 0.25) is 0 Å². The van der Waals surface area contributed by atoms with Gasteiger partial charge in [0.1, 0.15) is 11.6 Å². The summed E-state index contributed by atoms with van der Waals surface area (Å²) in [5, 5.41) is 2.89. The number of nitrogen functional groups attached to an aromatic ring is 1. The van der Waals surface area contributed by atoms with E-state index in [0.29, 0.717) is 17.1 Å². The third-order valence-corrected chi connectivity index (χ3v) is 2.42. The zero-order valence-electron chi connectivity index (χ0n) is 9.71. The van der Waals surface area contributed by atoms with Crippen molar-refractivity contribution in [2.45, 2.75) is 0 Å². The van der Waals surface area contributed by atoms with Crippen molar-refractivity contribution >= 4 is 11.4 Å². The minimum absolute atomic E-state index is 0.0387. The molecule has 0 fully saturated rings. The molecule has 2 aromatic carbocycles. The first-order valence-electron chi connectivity index (χ1n) is 5.30. The Balaban J connectivity index is 2.28. The Bertz CT molecular complexity index is 573. The van der Waals surface area contributed by atoms with Crippen LogP contribution >= 0.6 is 0 Å². The lowest BCUT2D eigenvalue weighted by atomic mass is 10.2. The Morgan fingerprint density at radius 2 is 1.89 bits per heavy atom. The zero-order valence-corrected chi connectivity index (χ0v) is 9.71. The molecule has 0 bridgehead atoms. The second kappa shape index (κ2) is 4.91. The largest absolute Gasteiger partial charge is 0.454 e. The SMILES string of the molecule is CNc1cc(Oc2ccc(F)cc2F)ccc1N. The van der Waals surface area contributed by atoms with E-state index >= 15 is 0 Å². The second-order valence-corrected chi connectivity index (χ2v) is 3.68. The Morgan fingerprint density at radius 3 is 2.56 bits per heavy atom. The lowest BCUT2D eigenvalue weighted by Gasteiger charge is -2.10. The monoisotopic (exact) mass is 250 g/mol. The number of nitrogens with one attached hydrogen (secondary N) is 1. The number of rotatable bonds is 3. The molecule has 3 nitrogen and oxygen atoms in total. The van der Waals surface area contributed by atoms with Crippen LogP contribution in [0.3, 0.4) is 0 Å². The van der Waals surface area contributed by atoms with Crippen LogP contribution in [0.25, 0.3) is 0 Å². The van der Waals surface area contributed by atoms with Gasteiger partial charge in [-0.05, 0) is 24.3 Å². The van der Waals surface area contributed by atoms with E-state index in [9.17, 15) is 8.78 Å². The lowest BCUT2D eigenvalue weighted by Crippen LogP contribution is -1.96. The smallest absolute Gasteiger partial charge is 0.168 e. The topological polar surface area (TPSA) is 47.3 Å². The number of hydrogen-bond acceptors (Lipinski definition) is 3. The molecule has 0 saturated carbocycles. The van der Waals surface area contributed by atoms with Gasteiger partial charge in [0.05, 0.1) is 11.4 Å². The summed E-state index contributed by atoms with van der Waals surface area (Å²) in [6, 6.07) is 8.03. The molecular weight excluding hydrogens is 238 g/mol. The quantitative estimate of drug-likeness (QED) is 0.821. The summed E-state index contributed by atoms with van der Waals surface area (Å²) >= 11 is 0. The summed E-state index contributed by atoms with van der Waals surface area (Å²) < 4.78 is 31.5. The average molecular weight is 250 g/mol. The maximum Gasteiger partial charge on any atom is 0.168 e. The number of anilines is 2. The number of ether oxygens (including phenoxy) is 1. The van der Waals surface area contributed by atoms with Crippen LogP contribution in [0.2, 0.25) is 0 Å². The van der Waals surface area contributed by atoms with Crippen molar-refractivity contribution in [3.05, 3.63) is 48.0 Å². The Kier molecular flexibility index (Phi) is 3.32. The highest BCUT2D eigenvalue weighted by molar-refractivity contribution is 5.68. The molecule has 0 unspecified atom stereocenters. The van der Waals surface area contributed by atoms with E-state index < -0.39 is 11.6 Å². The molecule has 5 heteroatoms. The van der Waals surface area contributed by atoms with Crippen LogP contribution < -0.4 is 15.8 Å². The molecule has 0 atom stereocenters. The van der Waals surface area contributed by atoms with Crippen molar-refractivity contribution in [2.75, 3.05) is 18.1 Å². The molecule has 18 heavy (non-hydrogen) atoms. The van der Waals surface area contributed by atoms with E-state index in [4.69, 9.17) is 10.5 Å². The molecule has 0 amide bonds. The van der Waals surface area contributed by atoms with E-state index in [1.165, 1.54) is 6.07 Å². The van der Waals surface area contributed by atoms with Crippen LogP contribution in [0.4, 0.5) is 20.2 Å². The molecule has 2 aromatic rings. The molecule has 0 spiro atoms. The van der Waals surface area contributed by atoms with Crippen molar-refractivity contribution in [1.82, 2.24) is 0 Å². The first kappa shape index (κ1) is 12.2. The molecule has 0 aromatic heterocycles. The van der Waals surface area contributed by atoms with Crippen molar-refractivity contribution in [2.24, 2.45) is 0 Å². The molecule has 0 aliphatic carbocycles. The number of nitrogens with two attached hydrogens (primary N) is 1. The van der Waals surface area contributed by atoms with E-state index in [0.717, 1.165) is 12.1 Å². The van der Waals surface area contributed by atoms with E-state index in [2.05, 4.69) is 5.32 Å². The highest BCUT2D eigenvalue weighted by atomic mass is 19.1. The predicted octanol–water partition coefficient (Wildman–Crippen LogP) is 3.38. The Hall–Kier alpha value is -2.30. The minimum atomic E-state index is -0.752. The molecule has 0 aliphatic rings. The van der Waals surface area contributed by atoms with Crippen LogP contribution in [0.15, 0.2) is 36.4 Å². The fraction of sp³-hybridized carbons (Fsp3) is 0.0769. The van der Waals surface area contributed by atoms with Crippen LogP contribution in [0, 0.1) is 11.6 Å². The standard InChI is InChI=1S/C13H12F2N2O/c1-17-12-7-9(3-4-11(12)16)18-13-5-2-8(14)6-10(13)15/h2-7,17H,16H2,1H3. The highest BCUT2D eigenvalue weighted by Gasteiger charge is 2.07. The van der Waals surface area contributed by atoms with Gasteiger partial charge in [-0.2, -0.15) is 0 Å². The molecule has 94 valence electrons. The second-order valence-electron chi connectivity index (χ2n) is 3.68. The van der Waals surface area contributed by atoms with Crippen LogP contribution in [-0.4, -0.2) is 7.05 Å². The van der Waals surface area contributed by atoms with Gasteiger partial charge in [-0.15, -0.1) is 0 Å². The van der Waals surface area contributed by atoms with Gasteiger partial charge in [-0.3, -0.25) is 0 Å². The molecule has 2 rings (SSSR count). The maximum atomic E-state index is 13.4. The van der Waals surface area contributed by atoms with Gasteiger partial charge in [-0.1, -0.05) is 0 Å². The van der Waals surface area contributed by atoms with E-state index in [1.54, 1.807) is 25.2 Å². The molecule has 0 heterocycles. The summed E-state index contributed by atoms with van der Waals surface area (Å²) in [6.45, 7) is 0. The Morgan fingerprint density at radius 1 is 1.11 bits per heavy atom. The van der Waals surface area contributed by atoms with Crippen molar-refractivity contribution in [3.8, 4) is 11.5 Å². The molecular formula is C13H12F2N2O. The normalized spacial score (nSPS) is 10.2. The first-order valence-corrected chi connectivity index (χ1v) is 5.30. The van der Waals surface area contributed by atoms with Crippen LogP contribution in [0.1, 0.15) is 0 Å². The van der Waals surface area contributed by atoms with Crippen molar-refractivity contribution in [3.63, 3.8) is 0 Å². The maximum absolute atomic E-state index is 13.4. The third kappa shape index (κ3) is 2.51. The van der Waals surface area contributed by atoms with Crippen molar-refractivity contribution in [1.29, 1.82) is 0 Å². The van der Waals surface area contributed by atoms with Gasteiger partial charge in [0.15, 0.2) is 11.6 Å². The van der Waals surface area contributed by atoms with Gasteiger partial charge in [0, 0.05) is 19.2 Å². The fourth-order valence-electron chi connectivity index (χ4n) is 1.50. The summed E-state index contributed by atoms with van der Waals surface area (Å²) in [5.74, 6) is -1.02. The number of halogens is 2. The van der Waals surface area contributed by atoms with E-state index in [-0.39, 0.29) is 5.75 Å². The van der Waals surface area contributed by atoms with Gasteiger partial charge in [0.25, 0.3) is 0 Å². The summed E-state index contributed by atoms with van der Waals surface area (Å²) in [5.41, 5.74) is 6.94. The van der Waals surface area contributed by atoms with Gasteiger partial charge < -0.3 is 15.8 Å².